The lowest BCUT2D eigenvalue weighted by Gasteiger charge is -2.17. The zero-order valence-electron chi connectivity index (χ0n) is 12.8. The average molecular weight is 343 g/mol. The number of esters is 1. The molecule has 0 aliphatic rings. The normalized spacial score (nSPS) is 13.2. The molecule has 1 rings (SSSR count). The van der Waals surface area contributed by atoms with Crippen LogP contribution in [0.1, 0.15) is 12.1 Å². The Labute approximate surface area is 137 Å². The number of aromatic amines is 1. The molecule has 0 spiro atoms. The van der Waals surface area contributed by atoms with E-state index < -0.39 is 18.1 Å². The lowest BCUT2D eigenvalue weighted by atomic mass is 10.2. The fourth-order valence-electron chi connectivity index (χ4n) is 1.70. The fraction of sp³-hybridized carbons (Fsp3) is 0.538. The first kappa shape index (κ1) is 19.1. The largest absolute Gasteiger partial charge is 0.468 e. The first-order chi connectivity index (χ1) is 11.0. The maximum atomic E-state index is 12.3. The van der Waals surface area contributed by atoms with Gasteiger partial charge in [-0.15, -0.1) is 0 Å². The maximum absolute atomic E-state index is 12.3. The highest BCUT2D eigenvalue weighted by atomic mass is 32.2. The van der Waals surface area contributed by atoms with Gasteiger partial charge < -0.3 is 26.5 Å². The van der Waals surface area contributed by atoms with Gasteiger partial charge in [0.2, 0.25) is 11.0 Å². The SMILES string of the molecule is COC(=O)[C@@H](N)CSC(=O)[C@H](Cc1cnc[nH]1)NC(=O)CCN. The number of amides is 1. The molecule has 1 heterocycles. The quantitative estimate of drug-likeness (QED) is 0.397. The number of methoxy groups -OCH3 is 1. The molecule has 6 N–H and O–H groups in total. The van der Waals surface area contributed by atoms with E-state index in [0.717, 1.165) is 11.8 Å². The van der Waals surface area contributed by atoms with Crippen molar-refractivity contribution >= 4 is 28.8 Å². The van der Waals surface area contributed by atoms with Crippen LogP contribution in [0.15, 0.2) is 12.5 Å². The average Bonchev–Trinajstić information content (AvgIpc) is 3.04. The number of nitrogens with zero attached hydrogens (tertiary/aromatic N) is 1. The lowest BCUT2D eigenvalue weighted by molar-refractivity contribution is -0.141. The number of hydrogen-bond donors (Lipinski definition) is 4. The summed E-state index contributed by atoms with van der Waals surface area (Å²) < 4.78 is 4.50. The van der Waals surface area contributed by atoms with Crippen molar-refractivity contribution in [3.05, 3.63) is 18.2 Å². The van der Waals surface area contributed by atoms with Crippen molar-refractivity contribution in [1.29, 1.82) is 0 Å². The summed E-state index contributed by atoms with van der Waals surface area (Å²) in [6, 6.07) is -1.66. The summed E-state index contributed by atoms with van der Waals surface area (Å²) in [5.41, 5.74) is 11.6. The molecular weight excluding hydrogens is 322 g/mol. The number of nitrogens with one attached hydrogen (secondary N) is 2. The Morgan fingerprint density at radius 2 is 2.22 bits per heavy atom. The Kier molecular flexibility index (Phi) is 8.30. The third-order valence-electron chi connectivity index (χ3n) is 2.88. The van der Waals surface area contributed by atoms with E-state index >= 15 is 0 Å². The number of hydrogen-bond acceptors (Lipinski definition) is 8. The standard InChI is InChI=1S/C13H21N5O4S/c1-22-12(20)9(15)6-23-13(21)10(18-11(19)2-3-14)4-8-5-16-7-17-8/h5,7,9-10H,2-4,6,14-15H2,1H3,(H,16,17)(H,18,19)/t9-,10-/m0/s1. The van der Waals surface area contributed by atoms with E-state index in [4.69, 9.17) is 11.5 Å². The summed E-state index contributed by atoms with van der Waals surface area (Å²) in [5.74, 6) is -0.844. The van der Waals surface area contributed by atoms with Crippen LogP contribution in [-0.4, -0.2) is 58.5 Å². The number of thioether (sulfide) groups is 1. The van der Waals surface area contributed by atoms with Crippen molar-refractivity contribution in [2.45, 2.75) is 24.9 Å². The van der Waals surface area contributed by atoms with Crippen LogP contribution in [0.3, 0.4) is 0 Å². The van der Waals surface area contributed by atoms with Crippen LogP contribution in [0.2, 0.25) is 0 Å². The van der Waals surface area contributed by atoms with Gasteiger partial charge in [-0.2, -0.15) is 0 Å². The van der Waals surface area contributed by atoms with Crippen LogP contribution in [0.4, 0.5) is 0 Å². The molecule has 0 saturated carbocycles. The summed E-state index contributed by atoms with van der Waals surface area (Å²) in [7, 11) is 1.22. The van der Waals surface area contributed by atoms with Gasteiger partial charge in [-0.05, 0) is 0 Å². The second-order valence-corrected chi connectivity index (χ2v) is 5.72. The van der Waals surface area contributed by atoms with Crippen molar-refractivity contribution in [3.8, 4) is 0 Å². The first-order valence-corrected chi connectivity index (χ1v) is 7.93. The Bertz CT molecular complexity index is 522. The molecule has 0 radical (unpaired) electrons. The molecular formula is C13H21N5O4S. The number of nitrogens with two attached hydrogens (primary N) is 2. The number of ether oxygens (including phenoxy) is 1. The van der Waals surface area contributed by atoms with Crippen molar-refractivity contribution in [2.24, 2.45) is 11.5 Å². The zero-order chi connectivity index (χ0) is 17.2. The zero-order valence-corrected chi connectivity index (χ0v) is 13.6. The van der Waals surface area contributed by atoms with Crippen LogP contribution < -0.4 is 16.8 Å². The number of rotatable bonds is 9. The van der Waals surface area contributed by atoms with Crippen LogP contribution in [0, 0.1) is 0 Å². The van der Waals surface area contributed by atoms with Crippen molar-refractivity contribution in [2.75, 3.05) is 19.4 Å². The molecule has 1 amide bonds. The second-order valence-electron chi connectivity index (χ2n) is 4.70. The molecule has 10 heteroatoms. The Morgan fingerprint density at radius 1 is 1.48 bits per heavy atom. The molecule has 0 saturated heterocycles. The Balaban J connectivity index is 2.64. The summed E-state index contributed by atoms with van der Waals surface area (Å²) in [6.07, 6.45) is 3.44. The molecule has 0 aliphatic heterocycles. The van der Waals surface area contributed by atoms with E-state index in [1.54, 1.807) is 6.20 Å². The number of carbonyl (C=O) groups excluding carboxylic acids is 3. The van der Waals surface area contributed by atoms with Gasteiger partial charge in [0, 0.05) is 37.0 Å². The van der Waals surface area contributed by atoms with E-state index in [9.17, 15) is 14.4 Å². The van der Waals surface area contributed by atoms with E-state index in [1.165, 1.54) is 13.4 Å². The summed E-state index contributed by atoms with van der Waals surface area (Å²) in [4.78, 5) is 42.0. The van der Waals surface area contributed by atoms with Crippen molar-refractivity contribution in [3.63, 3.8) is 0 Å². The molecule has 0 aliphatic carbocycles. The Morgan fingerprint density at radius 3 is 2.78 bits per heavy atom. The highest BCUT2D eigenvalue weighted by Crippen LogP contribution is 2.11. The molecule has 0 bridgehead atoms. The van der Waals surface area contributed by atoms with Gasteiger partial charge in [0.15, 0.2) is 0 Å². The van der Waals surface area contributed by atoms with Crippen LogP contribution in [-0.2, 0) is 25.5 Å². The molecule has 0 fully saturated rings. The Hall–Kier alpha value is -1.91. The fourth-order valence-corrected chi connectivity index (χ4v) is 2.52. The summed E-state index contributed by atoms with van der Waals surface area (Å²) in [5, 5.41) is 2.33. The predicted molar refractivity (Wildman–Crippen MR) is 85.4 cm³/mol. The topological polar surface area (TPSA) is 153 Å². The molecule has 9 nitrogen and oxygen atoms in total. The molecule has 0 aromatic carbocycles. The van der Waals surface area contributed by atoms with Gasteiger partial charge in [0.1, 0.15) is 12.1 Å². The molecule has 0 unspecified atom stereocenters. The minimum absolute atomic E-state index is 0.0672. The number of aromatic nitrogens is 2. The van der Waals surface area contributed by atoms with Gasteiger partial charge in [-0.1, -0.05) is 11.8 Å². The molecule has 1 aromatic rings. The van der Waals surface area contributed by atoms with Crippen molar-refractivity contribution < 1.29 is 19.1 Å². The third kappa shape index (κ3) is 6.80. The molecule has 128 valence electrons. The highest BCUT2D eigenvalue weighted by Gasteiger charge is 2.24. The van der Waals surface area contributed by atoms with Crippen LogP contribution >= 0.6 is 11.8 Å². The number of H-pyrrole nitrogens is 1. The highest BCUT2D eigenvalue weighted by molar-refractivity contribution is 8.13. The van der Waals surface area contributed by atoms with Crippen LogP contribution in [0.5, 0.6) is 0 Å². The number of carbonyl (C=O) groups is 3. The second kappa shape index (κ2) is 9.98. The minimum Gasteiger partial charge on any atom is -0.468 e. The van der Waals surface area contributed by atoms with Gasteiger partial charge in [0.25, 0.3) is 0 Å². The molecule has 1 aromatic heterocycles. The maximum Gasteiger partial charge on any atom is 0.323 e. The predicted octanol–water partition coefficient (Wildman–Crippen LogP) is -1.45. The lowest BCUT2D eigenvalue weighted by Crippen LogP contribution is -2.43. The monoisotopic (exact) mass is 343 g/mol. The van der Waals surface area contributed by atoms with Gasteiger partial charge >= 0.3 is 5.97 Å². The van der Waals surface area contributed by atoms with E-state index in [1.807, 2.05) is 0 Å². The van der Waals surface area contributed by atoms with Crippen LogP contribution in [0.25, 0.3) is 0 Å². The third-order valence-corrected chi connectivity index (χ3v) is 3.97. The van der Waals surface area contributed by atoms with Gasteiger partial charge in [0.05, 0.1) is 13.4 Å². The van der Waals surface area contributed by atoms with E-state index in [0.29, 0.717) is 5.69 Å². The van der Waals surface area contributed by atoms with Crippen molar-refractivity contribution in [1.82, 2.24) is 15.3 Å². The minimum atomic E-state index is -0.901. The molecule has 2 atom stereocenters. The van der Waals surface area contributed by atoms with Gasteiger partial charge in [-0.3, -0.25) is 14.4 Å². The smallest absolute Gasteiger partial charge is 0.323 e. The summed E-state index contributed by atoms with van der Waals surface area (Å²) in [6.45, 7) is 0.192. The molecule has 23 heavy (non-hydrogen) atoms. The van der Waals surface area contributed by atoms with E-state index in [-0.39, 0.29) is 36.2 Å². The van der Waals surface area contributed by atoms with E-state index in [2.05, 4.69) is 20.0 Å². The first-order valence-electron chi connectivity index (χ1n) is 6.94. The number of imidazole rings is 1. The van der Waals surface area contributed by atoms with Gasteiger partial charge in [-0.25, -0.2) is 4.98 Å². The summed E-state index contributed by atoms with van der Waals surface area (Å²) >= 11 is 0.873.